The number of aliphatic hydroxyl groups is 1. The Labute approximate surface area is 110 Å². The number of amides is 1. The molecular weight excluding hydrogens is 248 g/mol. The number of carbonyl (C=O) groups excluding carboxylic acids is 1. The average Bonchev–Trinajstić information content (AvgIpc) is 2.46. The number of rotatable bonds is 3. The molecule has 19 heavy (non-hydrogen) atoms. The van der Waals surface area contributed by atoms with E-state index in [-0.39, 0.29) is 24.1 Å². The lowest BCUT2D eigenvalue weighted by Crippen LogP contribution is -2.40. The Morgan fingerprint density at radius 2 is 2.11 bits per heavy atom. The molecule has 0 aromatic heterocycles. The first-order valence-corrected chi connectivity index (χ1v) is 6.26. The number of hydrogen-bond acceptors (Lipinski definition) is 4. The highest BCUT2D eigenvalue weighted by Gasteiger charge is 2.24. The molecule has 1 atom stereocenters. The highest BCUT2D eigenvalue weighted by atomic mass is 16.6. The summed E-state index contributed by atoms with van der Waals surface area (Å²) in [6.07, 6.45) is 1.81. The summed E-state index contributed by atoms with van der Waals surface area (Å²) in [5.74, 6) is 0.00352. The van der Waals surface area contributed by atoms with Crippen molar-refractivity contribution in [1.29, 1.82) is 0 Å². The van der Waals surface area contributed by atoms with Gasteiger partial charge in [-0.1, -0.05) is 0 Å². The number of aliphatic hydroxyl groups excluding tert-OH is 1. The zero-order valence-electron chi connectivity index (χ0n) is 10.5. The predicted molar refractivity (Wildman–Crippen MR) is 68.8 cm³/mol. The Morgan fingerprint density at radius 1 is 1.42 bits per heavy atom. The number of likely N-dealkylation sites (tertiary alicyclic amines) is 1. The molecule has 0 spiro atoms. The molecule has 1 heterocycles. The average molecular weight is 264 g/mol. The smallest absolute Gasteiger partial charge is 0.269 e. The molecule has 102 valence electrons. The third-order valence-electron chi connectivity index (χ3n) is 3.39. The van der Waals surface area contributed by atoms with Gasteiger partial charge in [-0.25, -0.2) is 0 Å². The molecule has 1 aromatic rings. The van der Waals surface area contributed by atoms with Crippen molar-refractivity contribution in [2.75, 3.05) is 19.7 Å². The Bertz CT molecular complexity index is 472. The number of non-ortho nitro benzene ring substituents is 1. The highest BCUT2D eigenvalue weighted by molar-refractivity contribution is 5.94. The summed E-state index contributed by atoms with van der Waals surface area (Å²) in [6.45, 7) is 1.31. The van der Waals surface area contributed by atoms with Gasteiger partial charge in [-0.15, -0.1) is 0 Å². The van der Waals surface area contributed by atoms with Crippen molar-refractivity contribution in [3.05, 3.63) is 39.9 Å². The zero-order chi connectivity index (χ0) is 13.8. The zero-order valence-corrected chi connectivity index (χ0v) is 10.5. The van der Waals surface area contributed by atoms with Crippen molar-refractivity contribution in [3.63, 3.8) is 0 Å². The number of benzene rings is 1. The number of carbonyl (C=O) groups is 1. The first-order valence-electron chi connectivity index (χ1n) is 6.26. The normalized spacial score (nSPS) is 19.2. The van der Waals surface area contributed by atoms with Gasteiger partial charge in [0.05, 0.1) is 4.92 Å². The van der Waals surface area contributed by atoms with E-state index < -0.39 is 4.92 Å². The quantitative estimate of drug-likeness (QED) is 0.661. The van der Waals surface area contributed by atoms with Crippen molar-refractivity contribution < 1.29 is 14.8 Å². The second-order valence-electron chi connectivity index (χ2n) is 4.75. The van der Waals surface area contributed by atoms with Crippen LogP contribution >= 0.6 is 0 Å². The van der Waals surface area contributed by atoms with E-state index in [4.69, 9.17) is 5.11 Å². The van der Waals surface area contributed by atoms with Gasteiger partial charge in [0.25, 0.3) is 11.6 Å². The molecule has 1 aliphatic rings. The minimum Gasteiger partial charge on any atom is -0.396 e. The van der Waals surface area contributed by atoms with Gasteiger partial charge >= 0.3 is 0 Å². The molecule has 1 aliphatic heterocycles. The number of hydrogen-bond donors (Lipinski definition) is 1. The summed E-state index contributed by atoms with van der Waals surface area (Å²) in [5, 5.41) is 19.7. The molecule has 0 radical (unpaired) electrons. The van der Waals surface area contributed by atoms with Crippen molar-refractivity contribution in [2.24, 2.45) is 5.92 Å². The van der Waals surface area contributed by atoms with Crippen LogP contribution in [-0.4, -0.2) is 40.5 Å². The van der Waals surface area contributed by atoms with Crippen LogP contribution in [0, 0.1) is 16.0 Å². The van der Waals surface area contributed by atoms with Gasteiger partial charge in [-0.05, 0) is 30.9 Å². The Balaban J connectivity index is 2.08. The Hall–Kier alpha value is -1.95. The van der Waals surface area contributed by atoms with Gasteiger partial charge < -0.3 is 10.0 Å². The maximum atomic E-state index is 12.2. The minimum atomic E-state index is -0.489. The first-order chi connectivity index (χ1) is 9.11. The first kappa shape index (κ1) is 13.5. The molecule has 1 N–H and O–H groups in total. The standard InChI is InChI=1S/C13H16N2O4/c16-9-10-2-1-7-14(8-10)13(17)11-3-5-12(6-4-11)15(18)19/h3-6,10,16H,1-2,7-9H2. The monoisotopic (exact) mass is 264 g/mol. The summed E-state index contributed by atoms with van der Waals surface area (Å²) >= 11 is 0. The summed E-state index contributed by atoms with van der Waals surface area (Å²) < 4.78 is 0. The van der Waals surface area contributed by atoms with E-state index in [1.807, 2.05) is 0 Å². The molecule has 1 saturated heterocycles. The maximum Gasteiger partial charge on any atom is 0.269 e. The lowest BCUT2D eigenvalue weighted by molar-refractivity contribution is -0.384. The number of nitro benzene ring substituents is 1. The van der Waals surface area contributed by atoms with E-state index in [0.717, 1.165) is 12.8 Å². The van der Waals surface area contributed by atoms with Gasteiger partial charge in [0, 0.05) is 37.4 Å². The van der Waals surface area contributed by atoms with Gasteiger partial charge in [0.2, 0.25) is 0 Å². The van der Waals surface area contributed by atoms with Crippen LogP contribution in [0.4, 0.5) is 5.69 Å². The largest absolute Gasteiger partial charge is 0.396 e. The molecule has 6 heteroatoms. The van der Waals surface area contributed by atoms with Crippen LogP contribution in [0.2, 0.25) is 0 Å². The van der Waals surface area contributed by atoms with Crippen LogP contribution in [0.5, 0.6) is 0 Å². The fourth-order valence-electron chi connectivity index (χ4n) is 2.31. The lowest BCUT2D eigenvalue weighted by atomic mass is 9.98. The second kappa shape index (κ2) is 5.79. The van der Waals surface area contributed by atoms with Gasteiger partial charge in [0.1, 0.15) is 0 Å². The fraction of sp³-hybridized carbons (Fsp3) is 0.462. The Morgan fingerprint density at radius 3 is 2.68 bits per heavy atom. The highest BCUT2D eigenvalue weighted by Crippen LogP contribution is 2.19. The molecule has 2 rings (SSSR count). The predicted octanol–water partition coefficient (Wildman–Crippen LogP) is 1.44. The van der Waals surface area contributed by atoms with Gasteiger partial charge in [0.15, 0.2) is 0 Å². The molecule has 1 fully saturated rings. The molecule has 6 nitrogen and oxygen atoms in total. The van der Waals surface area contributed by atoms with E-state index in [1.54, 1.807) is 4.90 Å². The van der Waals surface area contributed by atoms with E-state index in [2.05, 4.69) is 0 Å². The van der Waals surface area contributed by atoms with E-state index in [1.165, 1.54) is 24.3 Å². The SMILES string of the molecule is O=C(c1ccc([N+](=O)[O-])cc1)N1CCCC(CO)C1. The minimum absolute atomic E-state index is 0.0246. The summed E-state index contributed by atoms with van der Waals surface area (Å²) in [5.41, 5.74) is 0.424. The van der Waals surface area contributed by atoms with Gasteiger partial charge in [-0.3, -0.25) is 14.9 Å². The summed E-state index contributed by atoms with van der Waals surface area (Å²) in [6, 6.07) is 5.62. The van der Waals surface area contributed by atoms with Crippen LogP contribution < -0.4 is 0 Å². The van der Waals surface area contributed by atoms with Gasteiger partial charge in [-0.2, -0.15) is 0 Å². The van der Waals surface area contributed by atoms with Crippen LogP contribution in [0.1, 0.15) is 23.2 Å². The summed E-state index contributed by atoms with van der Waals surface area (Å²) in [7, 11) is 0. The number of nitrogens with zero attached hydrogens (tertiary/aromatic N) is 2. The van der Waals surface area contributed by atoms with Crippen molar-refractivity contribution >= 4 is 11.6 Å². The topological polar surface area (TPSA) is 83.7 Å². The maximum absolute atomic E-state index is 12.2. The van der Waals surface area contributed by atoms with Crippen molar-refractivity contribution in [1.82, 2.24) is 4.90 Å². The molecule has 1 aromatic carbocycles. The van der Waals surface area contributed by atoms with Crippen LogP contribution in [0.15, 0.2) is 24.3 Å². The summed E-state index contributed by atoms with van der Waals surface area (Å²) in [4.78, 5) is 24.0. The third kappa shape index (κ3) is 3.08. The number of piperidine rings is 1. The Kier molecular flexibility index (Phi) is 4.11. The molecular formula is C13H16N2O4. The fourth-order valence-corrected chi connectivity index (χ4v) is 2.31. The van der Waals surface area contributed by atoms with Crippen LogP contribution in [0.3, 0.4) is 0 Å². The molecule has 0 saturated carbocycles. The lowest BCUT2D eigenvalue weighted by Gasteiger charge is -2.31. The molecule has 0 bridgehead atoms. The number of nitro groups is 1. The van der Waals surface area contributed by atoms with Crippen LogP contribution in [-0.2, 0) is 0 Å². The van der Waals surface area contributed by atoms with Crippen molar-refractivity contribution in [2.45, 2.75) is 12.8 Å². The molecule has 1 unspecified atom stereocenters. The van der Waals surface area contributed by atoms with E-state index in [9.17, 15) is 14.9 Å². The third-order valence-corrected chi connectivity index (χ3v) is 3.39. The molecule has 1 amide bonds. The van der Waals surface area contributed by atoms with Crippen molar-refractivity contribution in [3.8, 4) is 0 Å². The second-order valence-corrected chi connectivity index (χ2v) is 4.75. The van der Waals surface area contributed by atoms with Crippen LogP contribution in [0.25, 0.3) is 0 Å². The molecule has 0 aliphatic carbocycles. The van der Waals surface area contributed by atoms with E-state index >= 15 is 0 Å². The van der Waals surface area contributed by atoms with E-state index in [0.29, 0.717) is 18.7 Å².